The first-order valence-electron chi connectivity index (χ1n) is 6.07. The predicted molar refractivity (Wildman–Crippen MR) is 86.3 cm³/mol. The molecule has 0 spiro atoms. The van der Waals surface area contributed by atoms with Crippen LogP contribution in [0.15, 0.2) is 25.8 Å². The van der Waals surface area contributed by atoms with Crippen LogP contribution in [0.5, 0.6) is 0 Å². The maximum absolute atomic E-state index is 14.2. The third-order valence-corrected chi connectivity index (χ3v) is 5.38. The van der Waals surface area contributed by atoms with Crippen molar-refractivity contribution in [2.45, 2.75) is 19.9 Å². The standard InChI is InChI=1S/C14H13Br2F2NS/c1-3-19-13(9-6-12(15)20-14(9)16)8-5-10(17)7(2)4-11(8)18/h4-6,13,19H,3H2,1-2H3. The average molecular weight is 425 g/mol. The molecule has 0 aliphatic heterocycles. The van der Waals surface area contributed by atoms with Crippen LogP contribution in [-0.2, 0) is 0 Å². The molecule has 108 valence electrons. The molecule has 0 aliphatic carbocycles. The van der Waals surface area contributed by atoms with Crippen molar-refractivity contribution in [3.63, 3.8) is 0 Å². The van der Waals surface area contributed by atoms with Crippen LogP contribution in [0.25, 0.3) is 0 Å². The van der Waals surface area contributed by atoms with Crippen molar-refractivity contribution in [3.8, 4) is 0 Å². The molecular formula is C14H13Br2F2NS. The minimum atomic E-state index is -0.399. The van der Waals surface area contributed by atoms with Gasteiger partial charge in [0.05, 0.1) is 13.6 Å². The zero-order chi connectivity index (χ0) is 14.9. The molecular weight excluding hydrogens is 412 g/mol. The first kappa shape index (κ1) is 16.1. The lowest BCUT2D eigenvalue weighted by Crippen LogP contribution is -2.23. The molecule has 20 heavy (non-hydrogen) atoms. The van der Waals surface area contributed by atoms with Crippen molar-refractivity contribution in [1.82, 2.24) is 5.32 Å². The summed E-state index contributed by atoms with van der Waals surface area (Å²) in [5.74, 6) is -0.793. The normalized spacial score (nSPS) is 12.7. The van der Waals surface area contributed by atoms with Gasteiger partial charge in [-0.05, 0) is 74.7 Å². The molecule has 0 fully saturated rings. The van der Waals surface area contributed by atoms with E-state index in [4.69, 9.17) is 0 Å². The Labute approximate surface area is 137 Å². The third-order valence-electron chi connectivity index (χ3n) is 2.99. The van der Waals surface area contributed by atoms with E-state index in [0.29, 0.717) is 17.7 Å². The Kier molecular flexibility index (Phi) is 5.34. The van der Waals surface area contributed by atoms with Gasteiger partial charge < -0.3 is 5.32 Å². The van der Waals surface area contributed by atoms with Crippen molar-refractivity contribution >= 4 is 43.2 Å². The van der Waals surface area contributed by atoms with Crippen molar-refractivity contribution in [2.24, 2.45) is 0 Å². The molecule has 1 aromatic carbocycles. The highest BCUT2D eigenvalue weighted by molar-refractivity contribution is 9.12. The lowest BCUT2D eigenvalue weighted by atomic mass is 9.99. The molecule has 1 N–H and O–H groups in total. The Morgan fingerprint density at radius 3 is 2.40 bits per heavy atom. The first-order chi connectivity index (χ1) is 9.43. The summed E-state index contributed by atoms with van der Waals surface area (Å²) in [6, 6.07) is 4.05. The lowest BCUT2D eigenvalue weighted by molar-refractivity contribution is 0.541. The van der Waals surface area contributed by atoms with E-state index in [0.717, 1.165) is 13.1 Å². The second kappa shape index (κ2) is 6.64. The van der Waals surface area contributed by atoms with Crippen LogP contribution in [0, 0.1) is 18.6 Å². The van der Waals surface area contributed by atoms with Crippen molar-refractivity contribution in [3.05, 3.63) is 54.1 Å². The number of aryl methyl sites for hydroxylation is 1. The van der Waals surface area contributed by atoms with Gasteiger partial charge in [-0.15, -0.1) is 11.3 Å². The monoisotopic (exact) mass is 423 g/mol. The van der Waals surface area contributed by atoms with Gasteiger partial charge in [0.15, 0.2) is 0 Å². The Bertz CT molecular complexity index is 628. The van der Waals surface area contributed by atoms with Gasteiger partial charge in [-0.3, -0.25) is 0 Å². The molecule has 1 atom stereocenters. The average Bonchev–Trinajstić information content (AvgIpc) is 2.70. The number of nitrogens with one attached hydrogen (secondary N) is 1. The molecule has 0 aliphatic rings. The fraction of sp³-hybridized carbons (Fsp3) is 0.286. The summed E-state index contributed by atoms with van der Waals surface area (Å²) in [6.07, 6.45) is 0. The zero-order valence-electron chi connectivity index (χ0n) is 10.9. The molecule has 6 heteroatoms. The fourth-order valence-electron chi connectivity index (χ4n) is 2.02. The molecule has 2 aromatic rings. The molecule has 1 aromatic heterocycles. The summed E-state index contributed by atoms with van der Waals surface area (Å²) in [5.41, 5.74) is 1.53. The second-order valence-corrected chi connectivity index (χ2v) is 8.14. The number of hydrogen-bond acceptors (Lipinski definition) is 2. The van der Waals surface area contributed by atoms with Gasteiger partial charge in [0.1, 0.15) is 11.6 Å². The molecule has 1 nitrogen and oxygen atoms in total. The van der Waals surface area contributed by atoms with E-state index in [1.165, 1.54) is 23.5 Å². The van der Waals surface area contributed by atoms with Crippen molar-refractivity contribution in [2.75, 3.05) is 6.54 Å². The predicted octanol–water partition coefficient (Wildman–Crippen LogP) is 5.56. The SMILES string of the molecule is CCNC(c1cc(F)c(C)cc1F)c1cc(Br)sc1Br. The summed E-state index contributed by atoms with van der Waals surface area (Å²) >= 11 is 8.40. The van der Waals surface area contributed by atoms with Gasteiger partial charge >= 0.3 is 0 Å². The van der Waals surface area contributed by atoms with Gasteiger partial charge in [-0.1, -0.05) is 6.92 Å². The molecule has 2 rings (SSSR count). The van der Waals surface area contributed by atoms with Crippen LogP contribution in [-0.4, -0.2) is 6.54 Å². The molecule has 0 radical (unpaired) electrons. The Hall–Kier alpha value is -0.300. The first-order valence-corrected chi connectivity index (χ1v) is 8.48. The number of rotatable bonds is 4. The third kappa shape index (κ3) is 3.30. The highest BCUT2D eigenvalue weighted by Crippen LogP contribution is 2.38. The van der Waals surface area contributed by atoms with E-state index >= 15 is 0 Å². The van der Waals surface area contributed by atoms with Gasteiger partial charge in [0, 0.05) is 5.56 Å². The maximum Gasteiger partial charge on any atom is 0.128 e. The molecule has 1 unspecified atom stereocenters. The topological polar surface area (TPSA) is 12.0 Å². The summed E-state index contributed by atoms with van der Waals surface area (Å²) in [7, 11) is 0. The van der Waals surface area contributed by atoms with Crippen LogP contribution < -0.4 is 5.32 Å². The molecule has 0 saturated carbocycles. The fourth-order valence-corrected chi connectivity index (χ4v) is 4.93. The summed E-state index contributed by atoms with van der Waals surface area (Å²) in [6.45, 7) is 4.14. The summed E-state index contributed by atoms with van der Waals surface area (Å²) < 4.78 is 29.8. The largest absolute Gasteiger partial charge is 0.306 e. The van der Waals surface area contributed by atoms with E-state index in [2.05, 4.69) is 37.2 Å². The Balaban J connectivity index is 2.54. The number of benzene rings is 1. The van der Waals surface area contributed by atoms with Gasteiger partial charge in [-0.25, -0.2) is 8.78 Å². The van der Waals surface area contributed by atoms with E-state index in [1.54, 1.807) is 6.92 Å². The van der Waals surface area contributed by atoms with E-state index < -0.39 is 11.6 Å². The van der Waals surface area contributed by atoms with Crippen LogP contribution in [0.1, 0.15) is 29.7 Å². The zero-order valence-corrected chi connectivity index (χ0v) is 14.9. The van der Waals surface area contributed by atoms with E-state index in [1.807, 2.05) is 13.0 Å². The Morgan fingerprint density at radius 1 is 1.15 bits per heavy atom. The van der Waals surface area contributed by atoms with Crippen LogP contribution in [0.2, 0.25) is 0 Å². The van der Waals surface area contributed by atoms with Gasteiger partial charge in [0.25, 0.3) is 0 Å². The van der Waals surface area contributed by atoms with Gasteiger partial charge in [0.2, 0.25) is 0 Å². The molecule has 1 heterocycles. The number of hydrogen-bond donors (Lipinski definition) is 1. The smallest absolute Gasteiger partial charge is 0.128 e. The minimum absolute atomic E-state index is 0.312. The lowest BCUT2D eigenvalue weighted by Gasteiger charge is -2.19. The van der Waals surface area contributed by atoms with Crippen molar-refractivity contribution in [1.29, 1.82) is 0 Å². The van der Waals surface area contributed by atoms with Crippen LogP contribution >= 0.6 is 43.2 Å². The van der Waals surface area contributed by atoms with Crippen LogP contribution in [0.3, 0.4) is 0 Å². The molecule has 0 saturated heterocycles. The molecule has 0 bridgehead atoms. The number of halogens is 4. The van der Waals surface area contributed by atoms with E-state index in [9.17, 15) is 8.78 Å². The highest BCUT2D eigenvalue weighted by atomic mass is 79.9. The number of thiophene rings is 1. The van der Waals surface area contributed by atoms with Gasteiger partial charge in [-0.2, -0.15) is 0 Å². The minimum Gasteiger partial charge on any atom is -0.306 e. The summed E-state index contributed by atoms with van der Waals surface area (Å²) in [5, 5.41) is 3.21. The quantitative estimate of drug-likeness (QED) is 0.677. The maximum atomic E-state index is 14.2. The van der Waals surface area contributed by atoms with Crippen molar-refractivity contribution < 1.29 is 8.78 Å². The molecule has 0 amide bonds. The highest BCUT2D eigenvalue weighted by Gasteiger charge is 2.22. The Morgan fingerprint density at radius 2 is 1.85 bits per heavy atom. The van der Waals surface area contributed by atoms with E-state index in [-0.39, 0.29) is 6.04 Å². The summed E-state index contributed by atoms with van der Waals surface area (Å²) in [4.78, 5) is 0. The second-order valence-electron chi connectivity index (χ2n) is 4.39. The van der Waals surface area contributed by atoms with Crippen LogP contribution in [0.4, 0.5) is 8.78 Å².